The lowest BCUT2D eigenvalue weighted by atomic mass is 10.3. The smallest absolute Gasteiger partial charge is 0.244 e. The van der Waals surface area contributed by atoms with E-state index >= 15 is 0 Å². The van der Waals surface area contributed by atoms with Gasteiger partial charge in [0.1, 0.15) is 4.90 Å². The molecule has 0 aliphatic heterocycles. The number of tetrazole rings is 1. The first-order valence-electron chi connectivity index (χ1n) is 6.55. The number of hydrogen-bond donors (Lipinski definition) is 4. The van der Waals surface area contributed by atoms with Gasteiger partial charge in [-0.3, -0.25) is 5.10 Å². The van der Waals surface area contributed by atoms with Crippen LogP contribution in [0.5, 0.6) is 0 Å². The summed E-state index contributed by atoms with van der Waals surface area (Å²) in [5.74, 6) is 0.275. The van der Waals surface area contributed by atoms with Gasteiger partial charge in [-0.1, -0.05) is 5.21 Å². The number of nitrogens with zero attached hydrogens (tertiary/aromatic N) is 4. The van der Waals surface area contributed by atoms with Crippen molar-refractivity contribution in [3.05, 3.63) is 17.2 Å². The van der Waals surface area contributed by atoms with Gasteiger partial charge in [0.05, 0.1) is 17.9 Å². The number of aromatic nitrogens is 6. The molecule has 0 atom stereocenters. The van der Waals surface area contributed by atoms with Gasteiger partial charge in [0, 0.05) is 12.6 Å². The second kappa shape index (κ2) is 5.50. The van der Waals surface area contributed by atoms with Crippen molar-refractivity contribution < 1.29 is 8.42 Å². The van der Waals surface area contributed by atoms with Crippen LogP contribution in [0, 0.1) is 6.92 Å². The Labute approximate surface area is 121 Å². The summed E-state index contributed by atoms with van der Waals surface area (Å²) in [6, 6.07) is 0.477. The highest BCUT2D eigenvalue weighted by atomic mass is 32.2. The van der Waals surface area contributed by atoms with Crippen LogP contribution in [0.15, 0.2) is 4.90 Å². The summed E-state index contributed by atoms with van der Waals surface area (Å²) < 4.78 is 27.3. The zero-order valence-corrected chi connectivity index (χ0v) is 12.2. The number of hydrogen-bond acceptors (Lipinski definition) is 7. The average Bonchev–Trinajstić information content (AvgIpc) is 2.97. The summed E-state index contributed by atoms with van der Waals surface area (Å²) >= 11 is 0. The molecule has 11 heteroatoms. The van der Waals surface area contributed by atoms with E-state index < -0.39 is 10.0 Å². The summed E-state index contributed by atoms with van der Waals surface area (Å²) in [7, 11) is -3.69. The molecule has 0 amide bonds. The van der Waals surface area contributed by atoms with E-state index in [0.717, 1.165) is 12.8 Å². The fourth-order valence-electron chi connectivity index (χ4n) is 1.96. The van der Waals surface area contributed by atoms with Gasteiger partial charge < -0.3 is 5.32 Å². The Kier molecular flexibility index (Phi) is 3.69. The highest BCUT2D eigenvalue weighted by Crippen LogP contribution is 2.22. The zero-order chi connectivity index (χ0) is 14.9. The van der Waals surface area contributed by atoms with Crippen LogP contribution < -0.4 is 10.0 Å². The molecule has 0 aromatic carbocycles. The van der Waals surface area contributed by atoms with Gasteiger partial charge in [-0.15, -0.1) is 10.2 Å². The van der Waals surface area contributed by atoms with E-state index in [1.54, 1.807) is 6.92 Å². The minimum Gasteiger partial charge on any atom is -0.308 e. The van der Waals surface area contributed by atoms with Gasteiger partial charge in [0.15, 0.2) is 5.82 Å². The molecule has 1 aliphatic rings. The van der Waals surface area contributed by atoms with Crippen molar-refractivity contribution in [2.24, 2.45) is 0 Å². The van der Waals surface area contributed by atoms with E-state index in [4.69, 9.17) is 0 Å². The van der Waals surface area contributed by atoms with E-state index in [0.29, 0.717) is 24.0 Å². The van der Waals surface area contributed by atoms with E-state index in [-0.39, 0.29) is 17.3 Å². The van der Waals surface area contributed by atoms with Crippen molar-refractivity contribution in [3.63, 3.8) is 0 Å². The molecule has 21 heavy (non-hydrogen) atoms. The first-order chi connectivity index (χ1) is 10.1. The normalized spacial score (nSPS) is 15.5. The van der Waals surface area contributed by atoms with Crippen LogP contribution in [0.3, 0.4) is 0 Å². The minimum atomic E-state index is -3.69. The summed E-state index contributed by atoms with van der Waals surface area (Å²) in [5, 5.41) is 23.1. The fraction of sp³-hybridized carbons (Fsp3) is 0.600. The minimum absolute atomic E-state index is 0.0288. The SMILES string of the molecule is Cc1[nH]nc(CNC2CC2)c1S(=O)(=O)NCc1nn[nH]n1. The maximum absolute atomic E-state index is 12.4. The van der Waals surface area contributed by atoms with Crippen LogP contribution in [-0.2, 0) is 23.1 Å². The Bertz CT molecular complexity index is 704. The fourth-order valence-corrected chi connectivity index (χ4v) is 3.30. The van der Waals surface area contributed by atoms with Crippen molar-refractivity contribution in [2.45, 2.75) is 43.8 Å². The molecule has 3 rings (SSSR count). The molecule has 2 heterocycles. The molecule has 0 spiro atoms. The van der Waals surface area contributed by atoms with E-state index in [2.05, 4.69) is 40.9 Å². The van der Waals surface area contributed by atoms with Gasteiger partial charge in [-0.2, -0.15) is 10.3 Å². The lowest BCUT2D eigenvalue weighted by molar-refractivity contribution is 0.575. The van der Waals surface area contributed by atoms with Crippen molar-refractivity contribution in [1.82, 2.24) is 40.9 Å². The molecule has 4 N–H and O–H groups in total. The van der Waals surface area contributed by atoms with E-state index in [1.807, 2.05) is 0 Å². The van der Waals surface area contributed by atoms with Crippen LogP contribution >= 0.6 is 0 Å². The first kappa shape index (κ1) is 14.1. The van der Waals surface area contributed by atoms with Crippen LogP contribution in [0.4, 0.5) is 0 Å². The second-order valence-corrected chi connectivity index (χ2v) is 6.64. The van der Waals surface area contributed by atoms with E-state index in [9.17, 15) is 8.42 Å². The molecule has 0 radical (unpaired) electrons. The second-order valence-electron chi connectivity index (χ2n) is 4.93. The molecule has 1 saturated carbocycles. The molecular weight excluding hydrogens is 296 g/mol. The molecule has 114 valence electrons. The largest absolute Gasteiger partial charge is 0.308 e. The monoisotopic (exact) mass is 312 g/mol. The number of aryl methyl sites for hydroxylation is 1. The van der Waals surface area contributed by atoms with Gasteiger partial charge in [-0.05, 0) is 19.8 Å². The van der Waals surface area contributed by atoms with Gasteiger partial charge in [0.25, 0.3) is 0 Å². The topological polar surface area (TPSA) is 141 Å². The average molecular weight is 312 g/mol. The third kappa shape index (κ3) is 3.25. The predicted molar refractivity (Wildman–Crippen MR) is 71.4 cm³/mol. The van der Waals surface area contributed by atoms with Crippen LogP contribution in [0.25, 0.3) is 0 Å². The van der Waals surface area contributed by atoms with Crippen molar-refractivity contribution >= 4 is 10.0 Å². The third-order valence-corrected chi connectivity index (χ3v) is 4.78. The van der Waals surface area contributed by atoms with Gasteiger partial charge in [0.2, 0.25) is 10.0 Å². The molecule has 2 aromatic heterocycles. The maximum Gasteiger partial charge on any atom is 0.244 e. The molecule has 0 saturated heterocycles. The summed E-state index contributed by atoms with van der Waals surface area (Å²) in [4.78, 5) is 0.180. The molecule has 0 bridgehead atoms. The van der Waals surface area contributed by atoms with Crippen LogP contribution in [0.1, 0.15) is 30.1 Å². The number of aromatic amines is 2. The molecular formula is C10H16N8O2S. The summed E-state index contributed by atoms with van der Waals surface area (Å²) in [6.07, 6.45) is 2.25. The summed E-state index contributed by atoms with van der Waals surface area (Å²) in [5.41, 5.74) is 0.989. The Morgan fingerprint density at radius 2 is 2.10 bits per heavy atom. The zero-order valence-electron chi connectivity index (χ0n) is 11.4. The Morgan fingerprint density at radius 1 is 1.29 bits per heavy atom. The maximum atomic E-state index is 12.4. The Morgan fingerprint density at radius 3 is 2.76 bits per heavy atom. The Balaban J connectivity index is 1.75. The lowest BCUT2D eigenvalue weighted by Gasteiger charge is -2.07. The van der Waals surface area contributed by atoms with Crippen molar-refractivity contribution in [1.29, 1.82) is 0 Å². The van der Waals surface area contributed by atoms with Crippen molar-refractivity contribution in [3.8, 4) is 0 Å². The van der Waals surface area contributed by atoms with Gasteiger partial charge >= 0.3 is 0 Å². The highest BCUT2D eigenvalue weighted by molar-refractivity contribution is 7.89. The number of H-pyrrole nitrogens is 2. The highest BCUT2D eigenvalue weighted by Gasteiger charge is 2.26. The third-order valence-electron chi connectivity index (χ3n) is 3.18. The molecule has 10 nitrogen and oxygen atoms in total. The first-order valence-corrected chi connectivity index (χ1v) is 8.04. The van der Waals surface area contributed by atoms with Crippen LogP contribution in [0.2, 0.25) is 0 Å². The summed E-state index contributed by atoms with van der Waals surface area (Å²) in [6.45, 7) is 2.07. The standard InChI is InChI=1S/C10H16N8O2S/c1-6-10(8(14-13-6)4-11-7-2-3-7)21(19,20)12-5-9-15-17-18-16-9/h7,11-12H,2-5H2,1H3,(H,13,14)(H,15,16,17,18). The number of sulfonamides is 1. The number of rotatable bonds is 7. The molecule has 2 aromatic rings. The lowest BCUT2D eigenvalue weighted by Crippen LogP contribution is -2.26. The quantitative estimate of drug-likeness (QED) is 0.511. The molecule has 0 unspecified atom stereocenters. The Hall–Kier alpha value is -1.85. The van der Waals surface area contributed by atoms with E-state index in [1.165, 1.54) is 0 Å². The molecule has 1 aliphatic carbocycles. The van der Waals surface area contributed by atoms with Gasteiger partial charge in [-0.25, -0.2) is 13.1 Å². The number of nitrogens with one attached hydrogen (secondary N) is 4. The van der Waals surface area contributed by atoms with Crippen LogP contribution in [-0.4, -0.2) is 45.3 Å². The molecule has 1 fully saturated rings. The van der Waals surface area contributed by atoms with Crippen molar-refractivity contribution in [2.75, 3.05) is 0 Å². The predicted octanol–water partition coefficient (Wildman–Crippen LogP) is -1.04.